The van der Waals surface area contributed by atoms with Crippen molar-refractivity contribution in [2.75, 3.05) is 46.4 Å². The molecule has 1 aliphatic heterocycles. The van der Waals surface area contributed by atoms with Crippen LogP contribution in [0, 0.1) is 0 Å². The SMILES string of the molecule is C[C@H](NC(=O)c1cccs1)C(=O)N(C)CCN1CCOCC1. The average molecular weight is 325 g/mol. The van der Waals surface area contributed by atoms with Gasteiger partial charge in [-0.2, -0.15) is 0 Å². The van der Waals surface area contributed by atoms with Crippen molar-refractivity contribution in [2.45, 2.75) is 13.0 Å². The second-order valence-corrected chi connectivity index (χ2v) is 6.33. The van der Waals surface area contributed by atoms with Gasteiger partial charge < -0.3 is 15.0 Å². The van der Waals surface area contributed by atoms with Crippen LogP contribution in [0.25, 0.3) is 0 Å². The van der Waals surface area contributed by atoms with Crippen molar-refractivity contribution in [2.24, 2.45) is 0 Å². The monoisotopic (exact) mass is 325 g/mol. The lowest BCUT2D eigenvalue weighted by Crippen LogP contribution is -2.48. The molecular formula is C15H23N3O3S. The standard InChI is InChI=1S/C15H23N3O3S/c1-12(16-14(19)13-4-3-11-22-13)15(20)17(2)5-6-18-7-9-21-10-8-18/h3-4,11-12H,5-10H2,1-2H3,(H,16,19)/t12-/m0/s1. The van der Waals surface area contributed by atoms with E-state index in [1.807, 2.05) is 11.4 Å². The van der Waals surface area contributed by atoms with Gasteiger partial charge in [0.1, 0.15) is 6.04 Å². The lowest BCUT2D eigenvalue weighted by molar-refractivity contribution is -0.131. The van der Waals surface area contributed by atoms with Crippen molar-refractivity contribution in [3.05, 3.63) is 22.4 Å². The summed E-state index contributed by atoms with van der Waals surface area (Å²) in [6.45, 7) is 6.53. The smallest absolute Gasteiger partial charge is 0.261 e. The Kier molecular flexibility index (Phi) is 6.35. The zero-order valence-electron chi connectivity index (χ0n) is 13.1. The van der Waals surface area contributed by atoms with Gasteiger partial charge in [-0.25, -0.2) is 0 Å². The summed E-state index contributed by atoms with van der Waals surface area (Å²) in [5.74, 6) is -0.268. The minimum Gasteiger partial charge on any atom is -0.379 e. The number of rotatable bonds is 6. The summed E-state index contributed by atoms with van der Waals surface area (Å²) in [5.41, 5.74) is 0. The van der Waals surface area contributed by atoms with Gasteiger partial charge in [0.15, 0.2) is 0 Å². The highest BCUT2D eigenvalue weighted by Gasteiger charge is 2.21. The van der Waals surface area contributed by atoms with Crippen LogP contribution >= 0.6 is 11.3 Å². The predicted molar refractivity (Wildman–Crippen MR) is 86.1 cm³/mol. The van der Waals surface area contributed by atoms with Crippen molar-refractivity contribution in [1.82, 2.24) is 15.1 Å². The molecule has 1 saturated heterocycles. The Morgan fingerprint density at radius 2 is 2.18 bits per heavy atom. The van der Waals surface area contributed by atoms with Gasteiger partial charge in [-0.15, -0.1) is 11.3 Å². The number of hydrogen-bond donors (Lipinski definition) is 1. The normalized spacial score (nSPS) is 17.0. The van der Waals surface area contributed by atoms with Crippen molar-refractivity contribution >= 4 is 23.2 Å². The molecule has 1 aromatic heterocycles. The number of nitrogens with zero attached hydrogens (tertiary/aromatic N) is 2. The Morgan fingerprint density at radius 1 is 1.45 bits per heavy atom. The number of amides is 2. The highest BCUT2D eigenvalue weighted by molar-refractivity contribution is 7.12. The molecule has 2 heterocycles. The fourth-order valence-electron chi connectivity index (χ4n) is 2.29. The molecule has 0 aromatic carbocycles. The van der Waals surface area contributed by atoms with Gasteiger partial charge in [0, 0.05) is 33.2 Å². The maximum absolute atomic E-state index is 12.3. The van der Waals surface area contributed by atoms with E-state index in [-0.39, 0.29) is 11.8 Å². The number of nitrogens with one attached hydrogen (secondary N) is 1. The van der Waals surface area contributed by atoms with E-state index in [1.54, 1.807) is 24.9 Å². The molecule has 0 bridgehead atoms. The van der Waals surface area contributed by atoms with E-state index in [1.165, 1.54) is 11.3 Å². The van der Waals surface area contributed by atoms with Crippen LogP contribution in [0.2, 0.25) is 0 Å². The quantitative estimate of drug-likeness (QED) is 0.834. The lowest BCUT2D eigenvalue weighted by Gasteiger charge is -2.29. The van der Waals surface area contributed by atoms with Crippen LogP contribution < -0.4 is 5.32 Å². The molecule has 0 saturated carbocycles. The van der Waals surface area contributed by atoms with E-state index in [4.69, 9.17) is 4.74 Å². The largest absolute Gasteiger partial charge is 0.379 e. The molecule has 1 aromatic rings. The summed E-state index contributed by atoms with van der Waals surface area (Å²) in [6.07, 6.45) is 0. The molecule has 122 valence electrons. The number of morpholine rings is 1. The van der Waals surface area contributed by atoms with Gasteiger partial charge in [0.05, 0.1) is 18.1 Å². The summed E-state index contributed by atoms with van der Waals surface area (Å²) in [7, 11) is 1.77. The minimum atomic E-state index is -0.524. The fourth-order valence-corrected chi connectivity index (χ4v) is 2.92. The summed E-state index contributed by atoms with van der Waals surface area (Å²) < 4.78 is 5.30. The van der Waals surface area contributed by atoms with E-state index in [0.717, 1.165) is 32.8 Å². The first-order valence-electron chi connectivity index (χ1n) is 7.47. The van der Waals surface area contributed by atoms with E-state index in [9.17, 15) is 9.59 Å². The van der Waals surface area contributed by atoms with Gasteiger partial charge >= 0.3 is 0 Å². The summed E-state index contributed by atoms with van der Waals surface area (Å²) in [6, 6.07) is 3.05. The zero-order valence-corrected chi connectivity index (χ0v) is 13.9. The van der Waals surface area contributed by atoms with Crippen LogP contribution in [-0.2, 0) is 9.53 Å². The Morgan fingerprint density at radius 3 is 2.82 bits per heavy atom. The summed E-state index contributed by atoms with van der Waals surface area (Å²) >= 11 is 1.37. The Bertz CT molecular complexity index is 486. The molecule has 1 aliphatic rings. The van der Waals surface area contributed by atoms with E-state index in [2.05, 4.69) is 10.2 Å². The Hall–Kier alpha value is -1.44. The molecular weight excluding hydrogens is 302 g/mol. The van der Waals surface area contributed by atoms with Gasteiger partial charge in [0.2, 0.25) is 5.91 Å². The van der Waals surface area contributed by atoms with Crippen molar-refractivity contribution in [3.63, 3.8) is 0 Å². The minimum absolute atomic E-state index is 0.0711. The number of likely N-dealkylation sites (N-methyl/N-ethyl adjacent to an activating group) is 1. The fraction of sp³-hybridized carbons (Fsp3) is 0.600. The molecule has 0 aliphatic carbocycles. The van der Waals surface area contributed by atoms with Crippen LogP contribution in [0.4, 0.5) is 0 Å². The van der Waals surface area contributed by atoms with Gasteiger partial charge in [-0.3, -0.25) is 14.5 Å². The molecule has 22 heavy (non-hydrogen) atoms. The highest BCUT2D eigenvalue weighted by atomic mass is 32.1. The third-order valence-corrected chi connectivity index (χ3v) is 4.56. The average Bonchev–Trinajstić information content (AvgIpc) is 3.07. The van der Waals surface area contributed by atoms with Crippen LogP contribution in [0.15, 0.2) is 17.5 Å². The molecule has 1 N–H and O–H groups in total. The number of carbonyl (C=O) groups is 2. The van der Waals surface area contributed by atoms with Gasteiger partial charge in [0.25, 0.3) is 5.91 Å². The van der Waals surface area contributed by atoms with Crippen molar-refractivity contribution in [1.29, 1.82) is 0 Å². The predicted octanol–water partition coefficient (Wildman–Crippen LogP) is 0.657. The molecule has 0 unspecified atom stereocenters. The van der Waals surface area contributed by atoms with E-state index < -0.39 is 6.04 Å². The van der Waals surface area contributed by atoms with Crippen LogP contribution in [-0.4, -0.2) is 74.1 Å². The maximum Gasteiger partial charge on any atom is 0.261 e. The second kappa shape index (κ2) is 8.26. The molecule has 1 atom stereocenters. The molecule has 7 heteroatoms. The van der Waals surface area contributed by atoms with Crippen LogP contribution in [0.3, 0.4) is 0 Å². The molecule has 0 spiro atoms. The van der Waals surface area contributed by atoms with Gasteiger partial charge in [-0.1, -0.05) is 6.07 Å². The number of ether oxygens (including phenoxy) is 1. The summed E-state index contributed by atoms with van der Waals surface area (Å²) in [5, 5.41) is 4.59. The first-order chi connectivity index (χ1) is 10.6. The zero-order chi connectivity index (χ0) is 15.9. The van der Waals surface area contributed by atoms with Crippen molar-refractivity contribution < 1.29 is 14.3 Å². The van der Waals surface area contributed by atoms with Crippen molar-refractivity contribution in [3.8, 4) is 0 Å². The lowest BCUT2D eigenvalue weighted by atomic mass is 10.2. The first kappa shape index (κ1) is 16.9. The topological polar surface area (TPSA) is 61.9 Å². The number of carbonyl (C=O) groups excluding carboxylic acids is 2. The Labute approximate surface area is 135 Å². The second-order valence-electron chi connectivity index (χ2n) is 5.39. The Balaban J connectivity index is 1.75. The molecule has 6 nitrogen and oxygen atoms in total. The van der Waals surface area contributed by atoms with Crippen LogP contribution in [0.1, 0.15) is 16.6 Å². The molecule has 1 fully saturated rings. The molecule has 2 rings (SSSR count). The maximum atomic E-state index is 12.3. The number of thiophene rings is 1. The van der Waals surface area contributed by atoms with Gasteiger partial charge in [-0.05, 0) is 18.4 Å². The number of hydrogen-bond acceptors (Lipinski definition) is 5. The third kappa shape index (κ3) is 4.79. The molecule has 0 radical (unpaired) electrons. The van der Waals surface area contributed by atoms with Crippen LogP contribution in [0.5, 0.6) is 0 Å². The molecule has 2 amide bonds. The van der Waals surface area contributed by atoms with E-state index in [0.29, 0.717) is 11.4 Å². The van der Waals surface area contributed by atoms with E-state index >= 15 is 0 Å². The first-order valence-corrected chi connectivity index (χ1v) is 8.35. The highest BCUT2D eigenvalue weighted by Crippen LogP contribution is 2.08. The third-order valence-electron chi connectivity index (χ3n) is 3.69. The summed E-state index contributed by atoms with van der Waals surface area (Å²) in [4.78, 5) is 28.8.